The minimum absolute atomic E-state index is 0.261. The van der Waals surface area contributed by atoms with Gasteiger partial charge >= 0.3 is 0 Å². The molecule has 2 aromatic rings. The fourth-order valence-corrected chi connectivity index (χ4v) is 3.51. The highest BCUT2D eigenvalue weighted by Crippen LogP contribution is 2.33. The third-order valence-electron chi connectivity index (χ3n) is 3.65. The molecule has 132 valence electrons. The van der Waals surface area contributed by atoms with Gasteiger partial charge in [-0.1, -0.05) is 52.9 Å². The van der Waals surface area contributed by atoms with Crippen LogP contribution in [-0.4, -0.2) is 22.7 Å². The Balaban J connectivity index is 1.76. The molecular weight excluding hydrogens is 414 g/mol. The molecule has 2 aromatic carbocycles. The van der Waals surface area contributed by atoms with Crippen LogP contribution in [0.1, 0.15) is 11.1 Å². The summed E-state index contributed by atoms with van der Waals surface area (Å²) in [4.78, 5) is 26.5. The molecule has 0 radical (unpaired) electrons. The molecule has 1 saturated heterocycles. The molecule has 1 heterocycles. The Morgan fingerprint density at radius 2 is 1.92 bits per heavy atom. The van der Waals surface area contributed by atoms with E-state index in [4.69, 9.17) is 4.74 Å². The normalized spacial score (nSPS) is 15.6. The van der Waals surface area contributed by atoms with E-state index in [1.54, 1.807) is 12.2 Å². The first-order valence-electron chi connectivity index (χ1n) is 7.90. The van der Waals surface area contributed by atoms with Gasteiger partial charge in [0.2, 0.25) is 0 Å². The van der Waals surface area contributed by atoms with Gasteiger partial charge in [-0.2, -0.15) is 0 Å². The summed E-state index contributed by atoms with van der Waals surface area (Å²) < 4.78 is 6.45. The number of hydrogen-bond donors (Lipinski definition) is 0. The Kier molecular flexibility index (Phi) is 5.96. The Labute approximate surface area is 164 Å². The standard InChI is InChI=1S/C20H16BrNO3S/c1-2-10-25-17-5-3-4-15(11-17)12-18-19(23)22(20(24)26-18)13-14-6-8-16(21)9-7-14/h2-9,11-12H,1,10,13H2. The molecule has 4 nitrogen and oxygen atoms in total. The zero-order valence-electron chi connectivity index (χ0n) is 13.9. The molecule has 0 unspecified atom stereocenters. The van der Waals surface area contributed by atoms with E-state index in [2.05, 4.69) is 22.5 Å². The summed E-state index contributed by atoms with van der Waals surface area (Å²) in [6.07, 6.45) is 3.38. The second-order valence-corrected chi connectivity index (χ2v) is 7.48. The molecule has 0 N–H and O–H groups in total. The highest BCUT2D eigenvalue weighted by atomic mass is 79.9. The van der Waals surface area contributed by atoms with Crippen LogP contribution in [0.5, 0.6) is 5.75 Å². The largest absolute Gasteiger partial charge is 0.490 e. The van der Waals surface area contributed by atoms with Gasteiger partial charge in [-0.05, 0) is 53.2 Å². The van der Waals surface area contributed by atoms with Crippen LogP contribution in [0.25, 0.3) is 6.08 Å². The van der Waals surface area contributed by atoms with E-state index in [1.165, 1.54) is 4.90 Å². The summed E-state index contributed by atoms with van der Waals surface area (Å²) in [5, 5.41) is -0.261. The molecule has 0 aliphatic carbocycles. The van der Waals surface area contributed by atoms with Crippen LogP contribution in [0.2, 0.25) is 0 Å². The van der Waals surface area contributed by atoms with E-state index in [-0.39, 0.29) is 17.7 Å². The Morgan fingerprint density at radius 3 is 2.65 bits per heavy atom. The Bertz CT molecular complexity index is 877. The maximum atomic E-state index is 12.6. The number of carbonyl (C=O) groups is 2. The van der Waals surface area contributed by atoms with Gasteiger partial charge < -0.3 is 4.74 Å². The van der Waals surface area contributed by atoms with Gasteiger partial charge in [-0.15, -0.1) is 0 Å². The van der Waals surface area contributed by atoms with Crippen molar-refractivity contribution in [2.24, 2.45) is 0 Å². The average Bonchev–Trinajstić information content (AvgIpc) is 2.89. The maximum absolute atomic E-state index is 12.6. The van der Waals surface area contributed by atoms with Gasteiger partial charge in [0.05, 0.1) is 11.4 Å². The number of benzene rings is 2. The molecule has 0 atom stereocenters. The van der Waals surface area contributed by atoms with E-state index in [0.29, 0.717) is 17.3 Å². The van der Waals surface area contributed by atoms with Crippen LogP contribution in [-0.2, 0) is 11.3 Å². The van der Waals surface area contributed by atoms with Crippen molar-refractivity contribution in [3.8, 4) is 5.75 Å². The first kappa shape index (κ1) is 18.5. The summed E-state index contributed by atoms with van der Waals surface area (Å²) in [5.41, 5.74) is 1.71. The van der Waals surface area contributed by atoms with Crippen molar-refractivity contribution in [1.29, 1.82) is 0 Å². The van der Waals surface area contributed by atoms with Crippen molar-refractivity contribution in [3.63, 3.8) is 0 Å². The highest BCUT2D eigenvalue weighted by molar-refractivity contribution is 9.10. The van der Waals surface area contributed by atoms with Crippen LogP contribution in [0, 0.1) is 0 Å². The van der Waals surface area contributed by atoms with Gasteiger partial charge in [0.1, 0.15) is 12.4 Å². The van der Waals surface area contributed by atoms with Crippen LogP contribution in [0.3, 0.4) is 0 Å². The van der Waals surface area contributed by atoms with E-state index < -0.39 is 0 Å². The van der Waals surface area contributed by atoms with E-state index >= 15 is 0 Å². The summed E-state index contributed by atoms with van der Waals surface area (Å²) in [7, 11) is 0. The summed E-state index contributed by atoms with van der Waals surface area (Å²) in [6, 6.07) is 14.9. The van der Waals surface area contributed by atoms with Crippen LogP contribution in [0.15, 0.2) is 70.6 Å². The number of halogens is 1. The molecule has 1 aliphatic heterocycles. The lowest BCUT2D eigenvalue weighted by Gasteiger charge is -2.12. The predicted molar refractivity (Wildman–Crippen MR) is 108 cm³/mol. The van der Waals surface area contributed by atoms with E-state index in [0.717, 1.165) is 27.4 Å². The van der Waals surface area contributed by atoms with Gasteiger partial charge in [0.25, 0.3) is 11.1 Å². The molecule has 0 saturated carbocycles. The van der Waals surface area contributed by atoms with E-state index in [9.17, 15) is 9.59 Å². The second-order valence-electron chi connectivity index (χ2n) is 5.57. The molecular formula is C20H16BrNO3S. The van der Waals surface area contributed by atoms with Crippen LogP contribution >= 0.6 is 27.7 Å². The Hall–Kier alpha value is -2.31. The number of imide groups is 1. The molecule has 0 aromatic heterocycles. The monoisotopic (exact) mass is 429 g/mol. The van der Waals surface area contributed by atoms with Gasteiger partial charge in [0, 0.05) is 4.47 Å². The number of carbonyl (C=O) groups excluding carboxylic acids is 2. The fraction of sp³-hybridized carbons (Fsp3) is 0.100. The summed E-state index contributed by atoms with van der Waals surface area (Å²) in [5.74, 6) is 0.410. The molecule has 3 rings (SSSR count). The smallest absolute Gasteiger partial charge is 0.293 e. The molecule has 0 spiro atoms. The molecule has 26 heavy (non-hydrogen) atoms. The van der Waals surface area contributed by atoms with Crippen molar-refractivity contribution >= 4 is 44.9 Å². The third-order valence-corrected chi connectivity index (χ3v) is 5.09. The van der Waals surface area contributed by atoms with Crippen LogP contribution in [0.4, 0.5) is 4.79 Å². The zero-order chi connectivity index (χ0) is 18.5. The SMILES string of the molecule is C=CCOc1cccc(C=C2SC(=O)N(Cc3ccc(Br)cc3)C2=O)c1. The van der Waals surface area contributed by atoms with Crippen molar-refractivity contribution in [3.05, 3.63) is 81.7 Å². The highest BCUT2D eigenvalue weighted by Gasteiger charge is 2.34. The number of rotatable bonds is 6. The topological polar surface area (TPSA) is 46.6 Å². The van der Waals surface area contributed by atoms with Gasteiger partial charge in [-0.3, -0.25) is 14.5 Å². The maximum Gasteiger partial charge on any atom is 0.293 e. The number of amides is 2. The van der Waals surface area contributed by atoms with Crippen molar-refractivity contribution < 1.29 is 14.3 Å². The number of thioether (sulfide) groups is 1. The molecule has 6 heteroatoms. The average molecular weight is 430 g/mol. The van der Waals surface area contributed by atoms with Gasteiger partial charge in [-0.25, -0.2) is 0 Å². The lowest BCUT2D eigenvalue weighted by Crippen LogP contribution is -2.27. The number of ether oxygens (including phenoxy) is 1. The summed E-state index contributed by atoms with van der Waals surface area (Å²) in [6.45, 7) is 4.29. The molecule has 1 fully saturated rings. The summed E-state index contributed by atoms with van der Waals surface area (Å²) >= 11 is 4.33. The lowest BCUT2D eigenvalue weighted by atomic mass is 10.2. The molecule has 0 bridgehead atoms. The third kappa shape index (κ3) is 4.45. The first-order valence-corrected chi connectivity index (χ1v) is 9.51. The van der Waals surface area contributed by atoms with Crippen molar-refractivity contribution in [1.82, 2.24) is 4.90 Å². The quantitative estimate of drug-likeness (QED) is 0.464. The van der Waals surface area contributed by atoms with Gasteiger partial charge in [0.15, 0.2) is 0 Å². The van der Waals surface area contributed by atoms with Crippen LogP contribution < -0.4 is 4.74 Å². The minimum Gasteiger partial charge on any atom is -0.490 e. The van der Waals surface area contributed by atoms with Crippen molar-refractivity contribution in [2.45, 2.75) is 6.54 Å². The zero-order valence-corrected chi connectivity index (χ0v) is 16.3. The van der Waals surface area contributed by atoms with E-state index in [1.807, 2.05) is 48.5 Å². The first-order chi connectivity index (χ1) is 12.6. The molecule has 1 aliphatic rings. The fourth-order valence-electron chi connectivity index (χ4n) is 2.41. The minimum atomic E-state index is -0.277. The lowest BCUT2D eigenvalue weighted by molar-refractivity contribution is -0.123. The second kappa shape index (κ2) is 8.38. The molecule has 2 amide bonds. The van der Waals surface area contributed by atoms with Crippen molar-refractivity contribution in [2.75, 3.05) is 6.61 Å². The number of nitrogens with zero attached hydrogens (tertiary/aromatic N) is 1. The number of hydrogen-bond acceptors (Lipinski definition) is 4. The Morgan fingerprint density at radius 1 is 1.15 bits per heavy atom. The predicted octanol–water partition coefficient (Wildman–Crippen LogP) is 5.25.